The summed E-state index contributed by atoms with van der Waals surface area (Å²) in [6, 6.07) is 8.89. The Balaban J connectivity index is 0.000000575. The number of hydrogen-bond acceptors (Lipinski definition) is 4. The van der Waals surface area contributed by atoms with Gasteiger partial charge in [-0.15, -0.1) is 13.2 Å². The van der Waals surface area contributed by atoms with Gasteiger partial charge in [0.25, 0.3) is 0 Å². The minimum Gasteiger partial charge on any atom is -0.406 e. The minimum atomic E-state index is -4.73. The molecule has 0 radical (unpaired) electrons. The van der Waals surface area contributed by atoms with Crippen LogP contribution < -0.4 is 4.74 Å². The Morgan fingerprint density at radius 1 is 0.967 bits per heavy atom. The largest absolute Gasteiger partial charge is 0.573 e. The molecule has 0 unspecified atom stereocenters. The van der Waals surface area contributed by atoms with E-state index in [1.54, 1.807) is 37.5 Å². The first-order valence-electron chi connectivity index (χ1n) is 9.91. The first-order valence-corrected chi connectivity index (χ1v) is 9.91. The number of benzene rings is 1. The molecule has 0 aliphatic heterocycles. The number of pyridine rings is 1. The number of imidazole rings is 1. The Morgan fingerprint density at radius 3 is 2.03 bits per heavy atom. The van der Waals surface area contributed by atoms with E-state index < -0.39 is 12.0 Å². The van der Waals surface area contributed by atoms with Gasteiger partial charge in [0.05, 0.1) is 5.69 Å². The summed E-state index contributed by atoms with van der Waals surface area (Å²) in [6.45, 7) is 9.44. The van der Waals surface area contributed by atoms with Crippen LogP contribution in [0.1, 0.15) is 58.5 Å². The highest BCUT2D eigenvalue weighted by atomic mass is 19.4. The third kappa shape index (κ3) is 6.19. The van der Waals surface area contributed by atoms with Crippen LogP contribution in [0, 0.1) is 6.92 Å². The molecule has 0 spiro atoms. The lowest BCUT2D eigenvalue weighted by Crippen LogP contribution is -2.17. The summed E-state index contributed by atoms with van der Waals surface area (Å²) >= 11 is 0. The second-order valence-corrected chi connectivity index (χ2v) is 7.49. The second kappa shape index (κ2) is 9.47. The number of alkyl halides is 3. The van der Waals surface area contributed by atoms with E-state index in [1.165, 1.54) is 43.5 Å². The molecule has 30 heavy (non-hydrogen) atoms. The first-order chi connectivity index (χ1) is 14.0. The molecule has 3 rings (SSSR count). The van der Waals surface area contributed by atoms with Crippen molar-refractivity contribution in [2.75, 3.05) is 0 Å². The predicted molar refractivity (Wildman–Crippen MR) is 111 cm³/mol. The van der Waals surface area contributed by atoms with Crippen molar-refractivity contribution in [2.24, 2.45) is 0 Å². The molecule has 164 valence electrons. The molecule has 0 atom stereocenters. The number of aromatic nitrogens is 3. The topological polar surface area (TPSA) is 60.2 Å². The lowest BCUT2D eigenvalue weighted by Gasteiger charge is -2.16. The zero-order valence-corrected chi connectivity index (χ0v) is 17.9. The zero-order chi connectivity index (χ0) is 22.5. The molecule has 1 N–H and O–H groups in total. The van der Waals surface area contributed by atoms with Crippen LogP contribution in [0.5, 0.6) is 5.75 Å². The van der Waals surface area contributed by atoms with Crippen molar-refractivity contribution in [3.8, 4) is 11.4 Å². The molecule has 0 saturated heterocycles. The summed E-state index contributed by atoms with van der Waals surface area (Å²) in [7, 11) is 0. The van der Waals surface area contributed by atoms with E-state index in [2.05, 4.69) is 28.6 Å². The quantitative estimate of drug-likeness (QED) is 0.543. The van der Waals surface area contributed by atoms with E-state index in [-0.39, 0.29) is 5.75 Å². The molecular formula is C22H28F3N3O2. The lowest BCUT2D eigenvalue weighted by molar-refractivity contribution is -0.274. The van der Waals surface area contributed by atoms with Crippen LogP contribution in [0.25, 0.3) is 16.9 Å². The van der Waals surface area contributed by atoms with Gasteiger partial charge in [-0.05, 0) is 57.2 Å². The maximum absolute atomic E-state index is 12.3. The zero-order valence-electron chi connectivity index (χ0n) is 17.9. The van der Waals surface area contributed by atoms with Gasteiger partial charge in [-0.3, -0.25) is 4.57 Å². The predicted octanol–water partition coefficient (Wildman–Crippen LogP) is 6.05. The van der Waals surface area contributed by atoms with Gasteiger partial charge in [0.15, 0.2) is 5.65 Å². The van der Waals surface area contributed by atoms with Crippen molar-refractivity contribution in [3.05, 3.63) is 47.9 Å². The summed E-state index contributed by atoms with van der Waals surface area (Å²) in [4.78, 5) is 8.87. The SMILES string of the molecule is CCCCC.Cc1nc2ccc(C(C)(C)O)nc2n1-c1ccc(OC(F)(F)F)cc1. The number of aliphatic hydroxyl groups is 1. The van der Waals surface area contributed by atoms with E-state index in [9.17, 15) is 18.3 Å². The molecule has 0 aliphatic rings. The number of halogens is 3. The van der Waals surface area contributed by atoms with Crippen LogP contribution in [-0.2, 0) is 5.60 Å². The summed E-state index contributed by atoms with van der Waals surface area (Å²) in [5.74, 6) is 0.323. The molecule has 0 aliphatic carbocycles. The van der Waals surface area contributed by atoms with Gasteiger partial charge in [-0.1, -0.05) is 33.1 Å². The van der Waals surface area contributed by atoms with Crippen molar-refractivity contribution < 1.29 is 23.0 Å². The van der Waals surface area contributed by atoms with Crippen molar-refractivity contribution in [3.63, 3.8) is 0 Å². The number of nitrogens with zero attached hydrogens (tertiary/aromatic N) is 3. The van der Waals surface area contributed by atoms with E-state index in [0.29, 0.717) is 28.4 Å². The molecule has 8 heteroatoms. The second-order valence-electron chi connectivity index (χ2n) is 7.49. The Kier molecular flexibility index (Phi) is 7.47. The Labute approximate surface area is 174 Å². The molecule has 0 bridgehead atoms. The number of aryl methyl sites for hydroxylation is 1. The van der Waals surface area contributed by atoms with Crippen LogP contribution >= 0.6 is 0 Å². The Bertz CT molecular complexity index is 957. The monoisotopic (exact) mass is 423 g/mol. The van der Waals surface area contributed by atoms with E-state index >= 15 is 0 Å². The van der Waals surface area contributed by atoms with Crippen molar-refractivity contribution in [1.29, 1.82) is 0 Å². The number of unbranched alkanes of at least 4 members (excludes halogenated alkanes) is 2. The van der Waals surface area contributed by atoms with E-state index in [0.717, 1.165) is 0 Å². The lowest BCUT2D eigenvalue weighted by atomic mass is 10.1. The van der Waals surface area contributed by atoms with Crippen LogP contribution in [0.2, 0.25) is 0 Å². The van der Waals surface area contributed by atoms with Gasteiger partial charge in [0, 0.05) is 5.69 Å². The standard InChI is InChI=1S/C17H16F3N3O2.C5H12/c1-10-21-13-8-9-14(16(2,3)24)22-15(13)23(10)11-4-6-12(7-5-11)25-17(18,19)20;1-3-5-4-2/h4-9,24H,1-3H3;3-5H2,1-2H3. The molecule has 2 aromatic heterocycles. The van der Waals surface area contributed by atoms with Crippen LogP contribution in [0.15, 0.2) is 36.4 Å². The van der Waals surface area contributed by atoms with Gasteiger partial charge in [-0.25, -0.2) is 9.97 Å². The maximum atomic E-state index is 12.3. The fourth-order valence-corrected chi connectivity index (χ4v) is 2.87. The van der Waals surface area contributed by atoms with Gasteiger partial charge in [-0.2, -0.15) is 0 Å². The molecular weight excluding hydrogens is 395 g/mol. The molecule has 0 fully saturated rings. The molecule has 0 amide bonds. The van der Waals surface area contributed by atoms with Gasteiger partial charge < -0.3 is 9.84 Å². The molecule has 5 nitrogen and oxygen atoms in total. The number of rotatable bonds is 5. The van der Waals surface area contributed by atoms with Gasteiger partial charge in [0.2, 0.25) is 0 Å². The van der Waals surface area contributed by atoms with Crippen LogP contribution in [0.4, 0.5) is 13.2 Å². The molecule has 2 heterocycles. The van der Waals surface area contributed by atoms with Crippen LogP contribution in [0.3, 0.4) is 0 Å². The van der Waals surface area contributed by atoms with Crippen molar-refractivity contribution in [2.45, 2.75) is 65.8 Å². The molecule has 0 saturated carbocycles. The number of fused-ring (bicyclic) bond motifs is 1. The number of hydrogen-bond donors (Lipinski definition) is 1. The number of ether oxygens (including phenoxy) is 1. The maximum Gasteiger partial charge on any atom is 0.573 e. The normalized spacial score (nSPS) is 11.9. The summed E-state index contributed by atoms with van der Waals surface area (Å²) in [5.41, 5.74) is 1.08. The van der Waals surface area contributed by atoms with Crippen molar-refractivity contribution >= 4 is 11.2 Å². The highest BCUT2D eigenvalue weighted by Gasteiger charge is 2.31. The van der Waals surface area contributed by atoms with Gasteiger partial charge >= 0.3 is 6.36 Å². The third-order valence-electron chi connectivity index (χ3n) is 4.33. The summed E-state index contributed by atoms with van der Waals surface area (Å²) in [6.07, 6.45) is -0.657. The average molecular weight is 423 g/mol. The smallest absolute Gasteiger partial charge is 0.406 e. The first kappa shape index (κ1) is 23.7. The average Bonchev–Trinajstić information content (AvgIpc) is 2.96. The fraction of sp³-hybridized carbons (Fsp3) is 0.455. The Hall–Kier alpha value is -2.61. The summed E-state index contributed by atoms with van der Waals surface area (Å²) < 4.78 is 42.4. The molecule has 3 aromatic rings. The van der Waals surface area contributed by atoms with Crippen LogP contribution in [-0.4, -0.2) is 26.0 Å². The highest BCUT2D eigenvalue weighted by molar-refractivity contribution is 5.74. The minimum absolute atomic E-state index is 0.302. The van der Waals surface area contributed by atoms with E-state index in [4.69, 9.17) is 0 Å². The molecule has 1 aromatic carbocycles. The van der Waals surface area contributed by atoms with E-state index in [1.807, 2.05) is 0 Å². The van der Waals surface area contributed by atoms with Gasteiger partial charge in [0.1, 0.15) is 22.7 Å². The highest BCUT2D eigenvalue weighted by Crippen LogP contribution is 2.27. The van der Waals surface area contributed by atoms with Crippen molar-refractivity contribution in [1.82, 2.24) is 14.5 Å². The summed E-state index contributed by atoms with van der Waals surface area (Å²) in [5, 5.41) is 10.1. The third-order valence-corrected chi connectivity index (χ3v) is 4.33. The fourth-order valence-electron chi connectivity index (χ4n) is 2.87. The Morgan fingerprint density at radius 2 is 1.57 bits per heavy atom.